The van der Waals surface area contributed by atoms with Crippen molar-refractivity contribution in [2.75, 3.05) is 18.8 Å². The molecule has 7 heteroatoms. The number of likely N-dealkylation sites (tertiary alicyclic amines) is 1. The molecule has 0 aromatic heterocycles. The molecule has 1 aliphatic heterocycles. The average molecular weight is 337 g/mol. The van der Waals surface area contributed by atoms with Crippen LogP contribution in [0, 0.1) is 17.6 Å². The number of carbonyl (C=O) groups excluding carboxylic acids is 1. The predicted molar refractivity (Wildman–Crippen MR) is 82.7 cm³/mol. The summed E-state index contributed by atoms with van der Waals surface area (Å²) in [5.41, 5.74) is 5.63. The summed E-state index contributed by atoms with van der Waals surface area (Å²) < 4.78 is 25.9. The van der Waals surface area contributed by atoms with Gasteiger partial charge in [-0.2, -0.15) is 0 Å². The van der Waals surface area contributed by atoms with Crippen molar-refractivity contribution in [3.8, 4) is 0 Å². The summed E-state index contributed by atoms with van der Waals surface area (Å²) in [7, 11) is 0. The molecule has 2 N–H and O–H groups in total. The number of rotatable bonds is 4. The van der Waals surface area contributed by atoms with Crippen LogP contribution in [0.15, 0.2) is 23.1 Å². The molecule has 2 unspecified atom stereocenters. The van der Waals surface area contributed by atoms with E-state index in [1.54, 1.807) is 0 Å². The van der Waals surface area contributed by atoms with Crippen LogP contribution in [-0.2, 0) is 4.79 Å². The van der Waals surface area contributed by atoms with Gasteiger partial charge in [0.15, 0.2) is 11.6 Å². The van der Waals surface area contributed by atoms with Crippen LogP contribution >= 0.6 is 24.2 Å². The van der Waals surface area contributed by atoms with E-state index in [2.05, 4.69) is 0 Å². The lowest BCUT2D eigenvalue weighted by Gasteiger charge is -2.21. The zero-order valence-corrected chi connectivity index (χ0v) is 13.4. The van der Waals surface area contributed by atoms with Gasteiger partial charge in [-0.05, 0) is 44.0 Å². The molecule has 1 aromatic rings. The zero-order chi connectivity index (χ0) is 14.7. The maximum atomic E-state index is 13.1. The number of amides is 1. The average Bonchev–Trinajstić information content (AvgIpc) is 2.81. The normalized spacial score (nSPS) is 21.2. The third-order valence-electron chi connectivity index (χ3n) is 3.57. The highest BCUT2D eigenvalue weighted by atomic mass is 35.5. The molecule has 21 heavy (non-hydrogen) atoms. The molecule has 0 bridgehead atoms. The fraction of sp³-hybridized carbons (Fsp3) is 0.500. The van der Waals surface area contributed by atoms with Gasteiger partial charge in [0, 0.05) is 17.5 Å². The lowest BCUT2D eigenvalue weighted by Crippen LogP contribution is -2.35. The van der Waals surface area contributed by atoms with Crippen LogP contribution in [0.1, 0.15) is 13.3 Å². The molecule has 1 amide bonds. The topological polar surface area (TPSA) is 46.3 Å². The molecule has 0 aliphatic carbocycles. The highest BCUT2D eigenvalue weighted by molar-refractivity contribution is 8.00. The van der Waals surface area contributed by atoms with E-state index in [0.29, 0.717) is 23.9 Å². The smallest absolute Gasteiger partial charge is 0.233 e. The SMILES string of the molecule is CC1CC(CN)CN1C(=O)CSc1ccc(F)c(F)c1.Cl. The van der Waals surface area contributed by atoms with Gasteiger partial charge in [0.25, 0.3) is 0 Å². The largest absolute Gasteiger partial charge is 0.339 e. The highest BCUT2D eigenvalue weighted by Crippen LogP contribution is 2.25. The lowest BCUT2D eigenvalue weighted by atomic mass is 10.1. The molecule has 118 valence electrons. The Kier molecular flexibility index (Phi) is 6.90. The number of hydrogen-bond donors (Lipinski definition) is 1. The van der Waals surface area contributed by atoms with Crippen molar-refractivity contribution in [1.82, 2.24) is 4.90 Å². The second-order valence-electron chi connectivity index (χ2n) is 5.10. The molecule has 0 spiro atoms. The van der Waals surface area contributed by atoms with E-state index in [0.717, 1.165) is 18.6 Å². The van der Waals surface area contributed by atoms with Crippen LogP contribution in [-0.4, -0.2) is 35.7 Å². The summed E-state index contributed by atoms with van der Waals surface area (Å²) in [5, 5.41) is 0. The Balaban J connectivity index is 0.00000220. The Hall–Kier alpha value is -0.850. The summed E-state index contributed by atoms with van der Waals surface area (Å²) in [6, 6.07) is 3.86. The van der Waals surface area contributed by atoms with Gasteiger partial charge in [-0.25, -0.2) is 8.78 Å². The van der Waals surface area contributed by atoms with E-state index < -0.39 is 11.6 Å². The number of nitrogens with zero attached hydrogens (tertiary/aromatic N) is 1. The molecular weight excluding hydrogens is 318 g/mol. The Morgan fingerprint density at radius 3 is 2.71 bits per heavy atom. The molecule has 0 saturated carbocycles. The molecular formula is C14H19ClF2N2OS. The van der Waals surface area contributed by atoms with Gasteiger partial charge in [-0.1, -0.05) is 0 Å². The van der Waals surface area contributed by atoms with Gasteiger partial charge in [-0.3, -0.25) is 4.79 Å². The van der Waals surface area contributed by atoms with E-state index in [1.165, 1.54) is 17.8 Å². The standard InChI is InChI=1S/C14H18F2N2OS.ClH/c1-9-4-10(6-17)7-18(9)14(19)8-20-11-2-3-12(15)13(16)5-11;/h2-3,5,9-10H,4,6-8,17H2,1H3;1H. The number of thioether (sulfide) groups is 1. The van der Waals surface area contributed by atoms with Gasteiger partial charge in [-0.15, -0.1) is 24.2 Å². The summed E-state index contributed by atoms with van der Waals surface area (Å²) in [6.07, 6.45) is 0.929. The minimum absolute atomic E-state index is 0. The minimum Gasteiger partial charge on any atom is -0.339 e. The molecule has 1 aromatic carbocycles. The van der Waals surface area contributed by atoms with E-state index in [-0.39, 0.29) is 30.1 Å². The number of carbonyl (C=O) groups is 1. The minimum atomic E-state index is -0.889. The Morgan fingerprint density at radius 2 is 2.14 bits per heavy atom. The molecule has 2 rings (SSSR count). The third kappa shape index (κ3) is 4.56. The van der Waals surface area contributed by atoms with Crippen LogP contribution in [0.5, 0.6) is 0 Å². The van der Waals surface area contributed by atoms with Crippen LogP contribution in [0.2, 0.25) is 0 Å². The number of halogens is 3. The van der Waals surface area contributed by atoms with Crippen LogP contribution < -0.4 is 5.73 Å². The summed E-state index contributed by atoms with van der Waals surface area (Å²) in [6.45, 7) is 3.29. The lowest BCUT2D eigenvalue weighted by molar-refractivity contribution is -0.128. The predicted octanol–water partition coefficient (Wildman–Crippen LogP) is 2.67. The van der Waals surface area contributed by atoms with Gasteiger partial charge in [0.1, 0.15) is 0 Å². The zero-order valence-electron chi connectivity index (χ0n) is 11.7. The van der Waals surface area contributed by atoms with Gasteiger partial charge in [0.2, 0.25) is 5.91 Å². The van der Waals surface area contributed by atoms with Gasteiger partial charge >= 0.3 is 0 Å². The van der Waals surface area contributed by atoms with E-state index >= 15 is 0 Å². The summed E-state index contributed by atoms with van der Waals surface area (Å²) in [5.74, 6) is -1.16. The molecule has 1 aliphatic rings. The van der Waals surface area contributed by atoms with Crippen molar-refractivity contribution in [3.63, 3.8) is 0 Å². The first-order valence-corrected chi connectivity index (χ1v) is 7.57. The fourth-order valence-electron chi connectivity index (χ4n) is 2.46. The van der Waals surface area contributed by atoms with Crippen molar-refractivity contribution in [1.29, 1.82) is 0 Å². The maximum Gasteiger partial charge on any atom is 0.233 e. The second-order valence-corrected chi connectivity index (χ2v) is 6.15. The fourth-order valence-corrected chi connectivity index (χ4v) is 3.26. The molecule has 1 saturated heterocycles. The van der Waals surface area contributed by atoms with Gasteiger partial charge < -0.3 is 10.6 Å². The second kappa shape index (κ2) is 7.96. The molecule has 1 fully saturated rings. The van der Waals surface area contributed by atoms with Crippen molar-refractivity contribution in [3.05, 3.63) is 29.8 Å². The summed E-state index contributed by atoms with van der Waals surface area (Å²) >= 11 is 1.22. The first-order chi connectivity index (χ1) is 9.51. The Bertz CT molecular complexity index is 504. The number of nitrogens with two attached hydrogens (primary N) is 1. The van der Waals surface area contributed by atoms with E-state index in [9.17, 15) is 13.6 Å². The Morgan fingerprint density at radius 1 is 1.43 bits per heavy atom. The van der Waals surface area contributed by atoms with Crippen molar-refractivity contribution < 1.29 is 13.6 Å². The number of benzene rings is 1. The quantitative estimate of drug-likeness (QED) is 0.860. The number of hydrogen-bond acceptors (Lipinski definition) is 3. The van der Waals surface area contributed by atoms with Crippen LogP contribution in [0.4, 0.5) is 8.78 Å². The van der Waals surface area contributed by atoms with E-state index in [1.807, 2.05) is 11.8 Å². The summed E-state index contributed by atoms with van der Waals surface area (Å²) in [4.78, 5) is 14.5. The van der Waals surface area contributed by atoms with Gasteiger partial charge in [0.05, 0.1) is 5.75 Å². The molecule has 0 radical (unpaired) electrons. The maximum absolute atomic E-state index is 13.1. The molecule has 1 heterocycles. The molecule has 3 nitrogen and oxygen atoms in total. The van der Waals surface area contributed by atoms with Crippen molar-refractivity contribution in [2.45, 2.75) is 24.3 Å². The van der Waals surface area contributed by atoms with Crippen LogP contribution in [0.25, 0.3) is 0 Å². The monoisotopic (exact) mass is 336 g/mol. The van der Waals surface area contributed by atoms with Crippen molar-refractivity contribution >= 4 is 30.1 Å². The highest BCUT2D eigenvalue weighted by Gasteiger charge is 2.31. The van der Waals surface area contributed by atoms with Crippen molar-refractivity contribution in [2.24, 2.45) is 11.7 Å². The van der Waals surface area contributed by atoms with Crippen LogP contribution in [0.3, 0.4) is 0 Å². The first-order valence-electron chi connectivity index (χ1n) is 6.58. The molecule has 2 atom stereocenters. The first kappa shape index (κ1) is 18.2. The Labute approximate surface area is 133 Å². The third-order valence-corrected chi connectivity index (χ3v) is 4.55. The van der Waals surface area contributed by atoms with E-state index in [4.69, 9.17) is 5.73 Å².